The minimum atomic E-state index is 0.199. The summed E-state index contributed by atoms with van der Waals surface area (Å²) in [4.78, 5) is 2.51. The fraction of sp³-hybridized carbons (Fsp3) is 1.00. The van der Waals surface area contributed by atoms with Crippen LogP contribution in [-0.2, 0) is 4.74 Å². The molecular formula is C13H28N2OS. The van der Waals surface area contributed by atoms with Gasteiger partial charge in [-0.05, 0) is 45.9 Å². The highest BCUT2D eigenvalue weighted by Crippen LogP contribution is 2.34. The first-order valence-electron chi connectivity index (χ1n) is 6.54. The maximum atomic E-state index is 6.07. The minimum absolute atomic E-state index is 0.199. The molecule has 3 nitrogen and oxygen atoms in total. The van der Waals surface area contributed by atoms with E-state index in [9.17, 15) is 0 Å². The molecule has 1 saturated carbocycles. The molecule has 1 aliphatic carbocycles. The van der Waals surface area contributed by atoms with E-state index in [2.05, 4.69) is 25.1 Å². The Morgan fingerprint density at radius 2 is 2.06 bits per heavy atom. The summed E-state index contributed by atoms with van der Waals surface area (Å²) in [6.45, 7) is 3.06. The van der Waals surface area contributed by atoms with E-state index in [-0.39, 0.29) is 5.54 Å². The van der Waals surface area contributed by atoms with Crippen molar-refractivity contribution >= 4 is 11.8 Å². The molecule has 0 spiro atoms. The highest BCUT2D eigenvalue weighted by atomic mass is 32.2. The van der Waals surface area contributed by atoms with E-state index in [1.165, 1.54) is 5.75 Å². The molecule has 1 aliphatic rings. The SMILES string of the molecule is COC1CCC(CN)(N(C)C(C)CSC)CC1. The number of thioether (sulfide) groups is 1. The second kappa shape index (κ2) is 6.98. The molecule has 0 aromatic heterocycles. The third-order valence-electron chi connectivity index (χ3n) is 4.39. The third-order valence-corrected chi connectivity index (χ3v) is 5.21. The quantitative estimate of drug-likeness (QED) is 0.792. The molecule has 0 aromatic rings. The van der Waals surface area contributed by atoms with Gasteiger partial charge in [0.25, 0.3) is 0 Å². The highest BCUT2D eigenvalue weighted by Gasteiger charge is 2.39. The van der Waals surface area contributed by atoms with Crippen LogP contribution >= 0.6 is 11.8 Å². The molecule has 17 heavy (non-hydrogen) atoms. The van der Waals surface area contributed by atoms with Crippen molar-refractivity contribution in [2.75, 3.05) is 32.7 Å². The first-order chi connectivity index (χ1) is 8.09. The Morgan fingerprint density at radius 1 is 1.47 bits per heavy atom. The summed E-state index contributed by atoms with van der Waals surface area (Å²) >= 11 is 1.91. The first kappa shape index (κ1) is 15.3. The number of methoxy groups -OCH3 is 1. The maximum Gasteiger partial charge on any atom is 0.0572 e. The van der Waals surface area contributed by atoms with E-state index >= 15 is 0 Å². The zero-order valence-corrected chi connectivity index (χ0v) is 12.6. The second-order valence-corrected chi connectivity index (χ2v) is 6.19. The van der Waals surface area contributed by atoms with Gasteiger partial charge in [-0.25, -0.2) is 0 Å². The van der Waals surface area contributed by atoms with Gasteiger partial charge in [0.05, 0.1) is 6.10 Å². The van der Waals surface area contributed by atoms with Crippen molar-refractivity contribution < 1.29 is 4.74 Å². The van der Waals surface area contributed by atoms with Crippen LogP contribution in [0.2, 0.25) is 0 Å². The molecular weight excluding hydrogens is 232 g/mol. The zero-order chi connectivity index (χ0) is 12.9. The Bertz CT molecular complexity index is 217. The molecule has 0 heterocycles. The van der Waals surface area contributed by atoms with Crippen molar-refractivity contribution in [1.29, 1.82) is 0 Å². The predicted octanol–water partition coefficient (Wildman–Crippen LogP) is 1.96. The molecule has 102 valence electrons. The van der Waals surface area contributed by atoms with Gasteiger partial charge in [0.2, 0.25) is 0 Å². The summed E-state index contributed by atoms with van der Waals surface area (Å²) in [5, 5.41) is 0. The molecule has 1 fully saturated rings. The Kier molecular flexibility index (Phi) is 6.27. The number of hydrogen-bond donors (Lipinski definition) is 1. The summed E-state index contributed by atoms with van der Waals surface area (Å²) < 4.78 is 5.45. The van der Waals surface area contributed by atoms with Crippen LogP contribution in [0.25, 0.3) is 0 Å². The van der Waals surface area contributed by atoms with Gasteiger partial charge >= 0.3 is 0 Å². The fourth-order valence-electron chi connectivity index (χ4n) is 2.89. The van der Waals surface area contributed by atoms with Gasteiger partial charge in [0, 0.05) is 31.0 Å². The first-order valence-corrected chi connectivity index (χ1v) is 7.93. The monoisotopic (exact) mass is 260 g/mol. The van der Waals surface area contributed by atoms with E-state index in [1.807, 2.05) is 18.9 Å². The van der Waals surface area contributed by atoms with Crippen LogP contribution in [0, 0.1) is 0 Å². The van der Waals surface area contributed by atoms with Gasteiger partial charge in [-0.2, -0.15) is 11.8 Å². The van der Waals surface area contributed by atoms with E-state index in [0.717, 1.165) is 32.2 Å². The van der Waals surface area contributed by atoms with Crippen LogP contribution in [0.5, 0.6) is 0 Å². The average Bonchev–Trinajstić information content (AvgIpc) is 2.38. The van der Waals surface area contributed by atoms with Crippen LogP contribution in [0.1, 0.15) is 32.6 Å². The average molecular weight is 260 g/mol. The number of ether oxygens (including phenoxy) is 1. The standard InChI is InChI=1S/C13H28N2OS/c1-11(9-17-4)15(2)13(10-14)7-5-12(16-3)6-8-13/h11-12H,5-10,14H2,1-4H3. The summed E-state index contributed by atoms with van der Waals surface area (Å²) in [7, 11) is 4.06. The molecule has 0 radical (unpaired) electrons. The summed E-state index contributed by atoms with van der Waals surface area (Å²) in [6.07, 6.45) is 7.22. The largest absolute Gasteiger partial charge is 0.381 e. The van der Waals surface area contributed by atoms with Crippen LogP contribution in [0.4, 0.5) is 0 Å². The van der Waals surface area contributed by atoms with Crippen molar-refractivity contribution in [3.05, 3.63) is 0 Å². The van der Waals surface area contributed by atoms with E-state index in [1.54, 1.807) is 0 Å². The number of nitrogens with zero attached hydrogens (tertiary/aromatic N) is 1. The Labute approximate surface area is 110 Å². The van der Waals surface area contributed by atoms with Crippen molar-refractivity contribution in [3.63, 3.8) is 0 Å². The second-order valence-electron chi connectivity index (χ2n) is 5.28. The van der Waals surface area contributed by atoms with Crippen molar-refractivity contribution in [3.8, 4) is 0 Å². The van der Waals surface area contributed by atoms with Gasteiger partial charge in [0.15, 0.2) is 0 Å². The molecule has 0 bridgehead atoms. The lowest BCUT2D eigenvalue weighted by Crippen LogP contribution is -2.58. The van der Waals surface area contributed by atoms with Gasteiger partial charge in [-0.3, -0.25) is 4.90 Å². The molecule has 4 heteroatoms. The predicted molar refractivity (Wildman–Crippen MR) is 76.7 cm³/mol. The van der Waals surface area contributed by atoms with Crippen LogP contribution in [0.3, 0.4) is 0 Å². The lowest BCUT2D eigenvalue weighted by Gasteiger charge is -2.48. The Hall–Kier alpha value is 0.230. The summed E-state index contributed by atoms with van der Waals surface area (Å²) in [5.74, 6) is 1.17. The molecule has 1 unspecified atom stereocenters. The number of nitrogens with two attached hydrogens (primary N) is 1. The normalized spacial score (nSPS) is 31.8. The van der Waals surface area contributed by atoms with Crippen LogP contribution < -0.4 is 5.73 Å². The number of hydrogen-bond acceptors (Lipinski definition) is 4. The molecule has 0 amide bonds. The van der Waals surface area contributed by atoms with E-state index < -0.39 is 0 Å². The van der Waals surface area contributed by atoms with Gasteiger partial charge in [0.1, 0.15) is 0 Å². The van der Waals surface area contributed by atoms with Crippen molar-refractivity contribution in [1.82, 2.24) is 4.90 Å². The Balaban J connectivity index is 2.63. The fourth-order valence-corrected chi connectivity index (χ4v) is 3.59. The van der Waals surface area contributed by atoms with E-state index in [4.69, 9.17) is 10.5 Å². The topological polar surface area (TPSA) is 38.5 Å². The molecule has 1 rings (SSSR count). The number of rotatable bonds is 6. The lowest BCUT2D eigenvalue weighted by molar-refractivity contribution is -0.00680. The van der Waals surface area contributed by atoms with Gasteiger partial charge < -0.3 is 10.5 Å². The Morgan fingerprint density at radius 3 is 2.47 bits per heavy atom. The molecule has 0 aromatic carbocycles. The third kappa shape index (κ3) is 3.60. The van der Waals surface area contributed by atoms with Gasteiger partial charge in [-0.15, -0.1) is 0 Å². The molecule has 0 saturated heterocycles. The molecule has 0 aliphatic heterocycles. The smallest absolute Gasteiger partial charge is 0.0572 e. The van der Waals surface area contributed by atoms with Crippen LogP contribution in [0.15, 0.2) is 0 Å². The zero-order valence-electron chi connectivity index (χ0n) is 11.7. The highest BCUT2D eigenvalue weighted by molar-refractivity contribution is 7.98. The molecule has 1 atom stereocenters. The van der Waals surface area contributed by atoms with Crippen LogP contribution in [-0.4, -0.2) is 55.3 Å². The number of likely N-dealkylation sites (N-methyl/N-ethyl adjacent to an activating group) is 1. The van der Waals surface area contributed by atoms with Crippen molar-refractivity contribution in [2.24, 2.45) is 5.73 Å². The van der Waals surface area contributed by atoms with E-state index in [0.29, 0.717) is 12.1 Å². The molecule has 2 N–H and O–H groups in total. The minimum Gasteiger partial charge on any atom is -0.381 e. The maximum absolute atomic E-state index is 6.07. The lowest BCUT2D eigenvalue weighted by atomic mass is 9.78. The van der Waals surface area contributed by atoms with Gasteiger partial charge in [-0.1, -0.05) is 0 Å². The summed E-state index contributed by atoms with van der Waals surface area (Å²) in [5.41, 5.74) is 6.27. The summed E-state index contributed by atoms with van der Waals surface area (Å²) in [6, 6.07) is 0.590. The van der Waals surface area contributed by atoms with Crippen molar-refractivity contribution in [2.45, 2.75) is 50.3 Å².